The smallest absolute Gasteiger partial charge is 0.221 e. The van der Waals surface area contributed by atoms with Crippen molar-refractivity contribution >= 4 is 11.9 Å². The van der Waals surface area contributed by atoms with Crippen LogP contribution in [-0.2, 0) is 9.53 Å². The van der Waals surface area contributed by atoms with Crippen LogP contribution >= 0.6 is 0 Å². The fourth-order valence-electron chi connectivity index (χ4n) is 2.57. The van der Waals surface area contributed by atoms with E-state index in [9.17, 15) is 4.79 Å². The lowest BCUT2D eigenvalue weighted by Gasteiger charge is -2.39. The van der Waals surface area contributed by atoms with E-state index in [1.807, 2.05) is 20.8 Å². The molecular formula is C17H35N5O2. The molecule has 7 heteroatoms. The molecule has 0 aromatic carbocycles. The van der Waals surface area contributed by atoms with Gasteiger partial charge in [-0.15, -0.1) is 0 Å². The van der Waals surface area contributed by atoms with Gasteiger partial charge in [0.1, 0.15) is 0 Å². The second kappa shape index (κ2) is 10.5. The Morgan fingerprint density at radius 2 is 1.92 bits per heavy atom. The summed E-state index contributed by atoms with van der Waals surface area (Å²) < 4.78 is 5.42. The van der Waals surface area contributed by atoms with Crippen molar-refractivity contribution in [3.05, 3.63) is 0 Å². The zero-order valence-electron chi connectivity index (χ0n) is 15.9. The van der Waals surface area contributed by atoms with Crippen LogP contribution in [0.4, 0.5) is 0 Å². The maximum atomic E-state index is 11.7. The highest BCUT2D eigenvalue weighted by atomic mass is 16.5. The van der Waals surface area contributed by atoms with E-state index < -0.39 is 0 Å². The number of carbonyl (C=O) groups is 1. The summed E-state index contributed by atoms with van der Waals surface area (Å²) in [7, 11) is 0. The van der Waals surface area contributed by atoms with Crippen molar-refractivity contribution in [3.8, 4) is 0 Å². The molecule has 140 valence electrons. The average Bonchev–Trinajstić information content (AvgIpc) is 2.53. The minimum atomic E-state index is -0.0127. The van der Waals surface area contributed by atoms with Gasteiger partial charge in [-0.2, -0.15) is 0 Å². The van der Waals surface area contributed by atoms with Gasteiger partial charge in [-0.05, 0) is 34.6 Å². The van der Waals surface area contributed by atoms with Gasteiger partial charge >= 0.3 is 0 Å². The predicted molar refractivity (Wildman–Crippen MR) is 98.3 cm³/mol. The number of carbonyl (C=O) groups excluding carboxylic acids is 1. The maximum Gasteiger partial charge on any atom is 0.221 e. The number of nitrogens with one attached hydrogen (secondary N) is 3. The largest absolute Gasteiger partial charge is 0.379 e. The monoisotopic (exact) mass is 341 g/mol. The van der Waals surface area contributed by atoms with Gasteiger partial charge in [0.05, 0.1) is 19.8 Å². The Kier molecular flexibility index (Phi) is 9.07. The van der Waals surface area contributed by atoms with Crippen LogP contribution in [0.5, 0.6) is 0 Å². The fourth-order valence-corrected chi connectivity index (χ4v) is 2.57. The Morgan fingerprint density at radius 3 is 2.50 bits per heavy atom. The number of aliphatic imine (C=N–C) groups is 1. The lowest BCUT2D eigenvalue weighted by molar-refractivity contribution is -0.121. The molecule has 1 fully saturated rings. The van der Waals surface area contributed by atoms with E-state index in [1.165, 1.54) is 0 Å². The second-order valence-electron chi connectivity index (χ2n) is 7.01. The summed E-state index contributed by atoms with van der Waals surface area (Å²) in [5, 5.41) is 9.36. The molecule has 1 heterocycles. The van der Waals surface area contributed by atoms with E-state index in [1.54, 1.807) is 0 Å². The van der Waals surface area contributed by atoms with Crippen molar-refractivity contribution in [2.75, 3.05) is 45.9 Å². The summed E-state index contributed by atoms with van der Waals surface area (Å²) in [6.45, 7) is 15.9. The molecule has 0 aromatic rings. The summed E-state index contributed by atoms with van der Waals surface area (Å²) in [6.07, 6.45) is 0.440. The molecule has 1 rings (SSSR count). The average molecular weight is 342 g/mol. The third-order valence-electron chi connectivity index (χ3n) is 3.93. The molecule has 0 bridgehead atoms. The SMILES string of the molecule is CCNC(=NCC(C)(C)N1CCOCC1)NCCC(=O)NC(C)C. The van der Waals surface area contributed by atoms with Crippen LogP contribution in [0.1, 0.15) is 41.0 Å². The van der Waals surface area contributed by atoms with Crippen molar-refractivity contribution in [1.29, 1.82) is 0 Å². The van der Waals surface area contributed by atoms with Gasteiger partial charge in [0.15, 0.2) is 5.96 Å². The molecule has 7 nitrogen and oxygen atoms in total. The van der Waals surface area contributed by atoms with Crippen LogP contribution in [0, 0.1) is 0 Å². The van der Waals surface area contributed by atoms with Gasteiger partial charge in [0.25, 0.3) is 0 Å². The molecular weight excluding hydrogens is 306 g/mol. The van der Waals surface area contributed by atoms with Gasteiger partial charge < -0.3 is 20.7 Å². The van der Waals surface area contributed by atoms with E-state index >= 15 is 0 Å². The Bertz CT molecular complexity index is 404. The van der Waals surface area contributed by atoms with E-state index in [0.29, 0.717) is 19.5 Å². The topological polar surface area (TPSA) is 78.0 Å². The van der Waals surface area contributed by atoms with E-state index in [0.717, 1.165) is 38.8 Å². The maximum absolute atomic E-state index is 11.7. The number of rotatable bonds is 8. The van der Waals surface area contributed by atoms with Gasteiger partial charge in [-0.1, -0.05) is 0 Å². The quantitative estimate of drug-likeness (QED) is 0.444. The third kappa shape index (κ3) is 7.97. The zero-order valence-corrected chi connectivity index (χ0v) is 15.9. The summed E-state index contributed by atoms with van der Waals surface area (Å²) >= 11 is 0. The third-order valence-corrected chi connectivity index (χ3v) is 3.93. The number of nitrogens with zero attached hydrogens (tertiary/aromatic N) is 2. The molecule has 0 aliphatic carbocycles. The van der Waals surface area contributed by atoms with Crippen LogP contribution in [0.2, 0.25) is 0 Å². The number of ether oxygens (including phenoxy) is 1. The van der Waals surface area contributed by atoms with Crippen LogP contribution in [0.3, 0.4) is 0 Å². The number of guanidine groups is 1. The first-order valence-corrected chi connectivity index (χ1v) is 8.99. The normalized spacial score (nSPS) is 17.0. The van der Waals surface area contributed by atoms with Crippen LogP contribution in [0.25, 0.3) is 0 Å². The van der Waals surface area contributed by atoms with Crippen molar-refractivity contribution < 1.29 is 9.53 Å². The molecule has 0 atom stereocenters. The molecule has 1 aliphatic heterocycles. The molecule has 24 heavy (non-hydrogen) atoms. The van der Waals surface area contributed by atoms with E-state index in [2.05, 4.69) is 34.7 Å². The first kappa shape index (κ1) is 20.7. The first-order valence-electron chi connectivity index (χ1n) is 8.99. The van der Waals surface area contributed by atoms with Crippen molar-refractivity contribution in [3.63, 3.8) is 0 Å². The molecule has 0 saturated carbocycles. The summed E-state index contributed by atoms with van der Waals surface area (Å²) in [4.78, 5) is 18.8. The minimum Gasteiger partial charge on any atom is -0.379 e. The molecule has 1 amide bonds. The van der Waals surface area contributed by atoms with Crippen LogP contribution < -0.4 is 16.0 Å². The van der Waals surface area contributed by atoms with E-state index in [4.69, 9.17) is 9.73 Å². The van der Waals surface area contributed by atoms with Gasteiger partial charge in [-0.3, -0.25) is 14.7 Å². The Hall–Kier alpha value is -1.34. The Balaban J connectivity index is 2.47. The number of morpholine rings is 1. The second-order valence-corrected chi connectivity index (χ2v) is 7.01. The van der Waals surface area contributed by atoms with Gasteiger partial charge in [-0.25, -0.2) is 0 Å². The predicted octanol–water partition coefficient (Wildman–Crippen LogP) is 0.567. The van der Waals surface area contributed by atoms with Crippen molar-refractivity contribution in [2.24, 2.45) is 4.99 Å². The molecule has 0 spiro atoms. The Labute approximate surface area is 146 Å². The van der Waals surface area contributed by atoms with Crippen molar-refractivity contribution in [2.45, 2.75) is 52.6 Å². The summed E-state index contributed by atoms with van der Waals surface area (Å²) in [5.74, 6) is 0.818. The fraction of sp³-hybridized carbons (Fsp3) is 0.882. The van der Waals surface area contributed by atoms with Gasteiger partial charge in [0, 0.05) is 44.2 Å². The lowest BCUT2D eigenvalue weighted by atomic mass is 10.0. The molecule has 1 aliphatic rings. The molecule has 3 N–H and O–H groups in total. The van der Waals surface area contributed by atoms with Crippen LogP contribution in [0.15, 0.2) is 4.99 Å². The van der Waals surface area contributed by atoms with E-state index in [-0.39, 0.29) is 17.5 Å². The zero-order chi connectivity index (χ0) is 18.0. The standard InChI is InChI=1S/C17H35N5O2/c1-6-18-16(19-8-7-15(23)21-14(2)3)20-13-17(4,5)22-9-11-24-12-10-22/h14H,6-13H2,1-5H3,(H,21,23)(H2,18,19,20). The highest BCUT2D eigenvalue weighted by Gasteiger charge is 2.28. The molecule has 0 radical (unpaired) electrons. The molecule has 1 saturated heterocycles. The highest BCUT2D eigenvalue weighted by molar-refractivity contribution is 5.81. The molecule has 0 unspecified atom stereocenters. The first-order chi connectivity index (χ1) is 11.3. The minimum absolute atomic E-state index is 0.0127. The van der Waals surface area contributed by atoms with Crippen LogP contribution in [-0.4, -0.2) is 74.3 Å². The van der Waals surface area contributed by atoms with Gasteiger partial charge in [0.2, 0.25) is 5.91 Å². The summed E-state index contributed by atoms with van der Waals surface area (Å²) in [5.41, 5.74) is -0.0127. The summed E-state index contributed by atoms with van der Waals surface area (Å²) in [6, 6.07) is 0.175. The lowest BCUT2D eigenvalue weighted by Crippen LogP contribution is -2.52. The number of hydrogen-bond donors (Lipinski definition) is 3. The highest BCUT2D eigenvalue weighted by Crippen LogP contribution is 2.16. The Morgan fingerprint density at radius 1 is 1.25 bits per heavy atom. The van der Waals surface area contributed by atoms with Crippen molar-refractivity contribution in [1.82, 2.24) is 20.9 Å². The molecule has 0 aromatic heterocycles. The number of amides is 1. The number of hydrogen-bond acceptors (Lipinski definition) is 4.